The third-order valence-corrected chi connectivity index (χ3v) is 3.35. The largest absolute Gasteiger partial charge is 0.469 e. The standard InChI is InChI=1S/C16H25NO2/c1-5-11-17(13(2)3)12-15(16(18)19-4)14-9-7-6-8-10-14/h6-10,13,15H,5,11-12H2,1-4H3. The number of nitrogens with zero attached hydrogens (tertiary/aromatic N) is 1. The molecule has 0 heterocycles. The van der Waals surface area contributed by atoms with Crippen molar-refractivity contribution in [3.63, 3.8) is 0 Å². The summed E-state index contributed by atoms with van der Waals surface area (Å²) in [4.78, 5) is 14.4. The molecule has 0 aromatic heterocycles. The molecule has 0 radical (unpaired) electrons. The predicted octanol–water partition coefficient (Wildman–Crippen LogP) is 3.06. The molecule has 106 valence electrons. The molecule has 0 fully saturated rings. The molecule has 0 saturated carbocycles. The van der Waals surface area contributed by atoms with E-state index in [-0.39, 0.29) is 11.9 Å². The molecule has 0 N–H and O–H groups in total. The number of hydrogen-bond donors (Lipinski definition) is 0. The second kappa shape index (κ2) is 7.95. The maximum atomic E-state index is 12.0. The summed E-state index contributed by atoms with van der Waals surface area (Å²) >= 11 is 0. The lowest BCUT2D eigenvalue weighted by Crippen LogP contribution is -2.37. The van der Waals surface area contributed by atoms with Crippen molar-refractivity contribution in [3.05, 3.63) is 35.9 Å². The molecule has 0 saturated heterocycles. The molecule has 0 aliphatic carbocycles. The Hall–Kier alpha value is -1.35. The number of benzene rings is 1. The lowest BCUT2D eigenvalue weighted by atomic mass is 9.98. The highest BCUT2D eigenvalue weighted by molar-refractivity contribution is 5.78. The van der Waals surface area contributed by atoms with E-state index in [2.05, 4.69) is 25.7 Å². The number of ether oxygens (including phenoxy) is 1. The van der Waals surface area contributed by atoms with Gasteiger partial charge in [-0.15, -0.1) is 0 Å². The summed E-state index contributed by atoms with van der Waals surface area (Å²) in [7, 11) is 1.46. The van der Waals surface area contributed by atoms with E-state index in [0.29, 0.717) is 12.6 Å². The number of carbonyl (C=O) groups is 1. The van der Waals surface area contributed by atoms with Crippen molar-refractivity contribution < 1.29 is 9.53 Å². The predicted molar refractivity (Wildman–Crippen MR) is 78.2 cm³/mol. The van der Waals surface area contributed by atoms with Crippen LogP contribution in [0.5, 0.6) is 0 Å². The molecule has 1 aromatic carbocycles. The number of esters is 1. The normalized spacial score (nSPS) is 12.7. The molecule has 0 bridgehead atoms. The average molecular weight is 263 g/mol. The van der Waals surface area contributed by atoms with Gasteiger partial charge >= 0.3 is 5.97 Å². The van der Waals surface area contributed by atoms with Gasteiger partial charge in [0.15, 0.2) is 0 Å². The molecular weight excluding hydrogens is 238 g/mol. The summed E-state index contributed by atoms with van der Waals surface area (Å²) < 4.78 is 4.96. The summed E-state index contributed by atoms with van der Waals surface area (Å²) in [6.07, 6.45) is 1.08. The van der Waals surface area contributed by atoms with Crippen molar-refractivity contribution in [2.24, 2.45) is 0 Å². The van der Waals surface area contributed by atoms with Gasteiger partial charge in [-0.3, -0.25) is 9.69 Å². The lowest BCUT2D eigenvalue weighted by molar-refractivity contribution is -0.143. The third kappa shape index (κ3) is 4.67. The second-order valence-electron chi connectivity index (χ2n) is 5.08. The molecule has 0 amide bonds. The van der Waals surface area contributed by atoms with Crippen molar-refractivity contribution in [2.45, 2.75) is 39.2 Å². The smallest absolute Gasteiger partial charge is 0.314 e. The quantitative estimate of drug-likeness (QED) is 0.708. The Balaban J connectivity index is 2.89. The molecule has 0 aliphatic heterocycles. The van der Waals surface area contributed by atoms with Gasteiger partial charge < -0.3 is 4.74 Å². The molecule has 1 atom stereocenters. The van der Waals surface area contributed by atoms with E-state index in [0.717, 1.165) is 18.5 Å². The second-order valence-corrected chi connectivity index (χ2v) is 5.08. The SMILES string of the molecule is CCCN(CC(C(=O)OC)c1ccccc1)C(C)C. The minimum absolute atomic E-state index is 0.159. The zero-order valence-corrected chi connectivity index (χ0v) is 12.4. The van der Waals surface area contributed by atoms with Crippen LogP contribution in [-0.4, -0.2) is 37.1 Å². The van der Waals surface area contributed by atoms with Crippen LogP contribution in [0.3, 0.4) is 0 Å². The van der Waals surface area contributed by atoms with E-state index in [1.807, 2.05) is 30.3 Å². The molecule has 1 aromatic rings. The fraction of sp³-hybridized carbons (Fsp3) is 0.562. The van der Waals surface area contributed by atoms with Crippen LogP contribution in [-0.2, 0) is 9.53 Å². The van der Waals surface area contributed by atoms with Crippen LogP contribution in [0.2, 0.25) is 0 Å². The van der Waals surface area contributed by atoms with Gasteiger partial charge in [0, 0.05) is 12.6 Å². The summed E-state index contributed by atoms with van der Waals surface area (Å²) in [5.74, 6) is -0.367. The molecule has 3 nitrogen and oxygen atoms in total. The molecule has 3 heteroatoms. The first-order chi connectivity index (χ1) is 9.10. The first-order valence-corrected chi connectivity index (χ1v) is 6.97. The highest BCUT2D eigenvalue weighted by Gasteiger charge is 2.24. The lowest BCUT2D eigenvalue weighted by Gasteiger charge is -2.29. The number of hydrogen-bond acceptors (Lipinski definition) is 3. The van der Waals surface area contributed by atoms with E-state index in [9.17, 15) is 4.79 Å². The van der Waals surface area contributed by atoms with Crippen LogP contribution in [0.25, 0.3) is 0 Å². The van der Waals surface area contributed by atoms with E-state index >= 15 is 0 Å². The third-order valence-electron chi connectivity index (χ3n) is 3.35. The molecule has 1 unspecified atom stereocenters. The monoisotopic (exact) mass is 263 g/mol. The fourth-order valence-electron chi connectivity index (χ4n) is 2.23. The zero-order valence-electron chi connectivity index (χ0n) is 12.4. The van der Waals surface area contributed by atoms with Gasteiger partial charge in [-0.05, 0) is 32.4 Å². The Morgan fingerprint density at radius 1 is 1.26 bits per heavy atom. The van der Waals surface area contributed by atoms with Crippen LogP contribution in [0.4, 0.5) is 0 Å². The van der Waals surface area contributed by atoms with E-state index in [1.54, 1.807) is 0 Å². The van der Waals surface area contributed by atoms with Crippen molar-refractivity contribution in [1.82, 2.24) is 4.90 Å². The minimum Gasteiger partial charge on any atom is -0.469 e. The highest BCUT2D eigenvalue weighted by Crippen LogP contribution is 2.20. The van der Waals surface area contributed by atoms with Crippen molar-refractivity contribution >= 4 is 5.97 Å². The summed E-state index contributed by atoms with van der Waals surface area (Å²) in [6.45, 7) is 8.19. The topological polar surface area (TPSA) is 29.5 Å². The maximum absolute atomic E-state index is 12.0. The molecule has 19 heavy (non-hydrogen) atoms. The fourth-order valence-corrected chi connectivity index (χ4v) is 2.23. The van der Waals surface area contributed by atoms with E-state index < -0.39 is 0 Å². The van der Waals surface area contributed by atoms with Crippen LogP contribution in [0.1, 0.15) is 38.7 Å². The first kappa shape index (κ1) is 15.7. The van der Waals surface area contributed by atoms with Crippen LogP contribution < -0.4 is 0 Å². The van der Waals surface area contributed by atoms with Crippen molar-refractivity contribution in [3.8, 4) is 0 Å². The van der Waals surface area contributed by atoms with Gasteiger partial charge in [-0.2, -0.15) is 0 Å². The maximum Gasteiger partial charge on any atom is 0.314 e. The molecule has 0 aliphatic rings. The highest BCUT2D eigenvalue weighted by atomic mass is 16.5. The van der Waals surface area contributed by atoms with Crippen LogP contribution in [0.15, 0.2) is 30.3 Å². The molecular formula is C16H25NO2. The summed E-state index contributed by atoms with van der Waals surface area (Å²) in [5, 5.41) is 0. The van der Waals surface area contributed by atoms with Gasteiger partial charge in [-0.1, -0.05) is 37.3 Å². The molecule has 1 rings (SSSR count). The van der Waals surface area contributed by atoms with Crippen LogP contribution >= 0.6 is 0 Å². The summed E-state index contributed by atoms with van der Waals surface area (Å²) in [5.41, 5.74) is 1.02. The van der Waals surface area contributed by atoms with Gasteiger partial charge in [-0.25, -0.2) is 0 Å². The Kier molecular flexibility index (Phi) is 6.57. The molecule has 0 spiro atoms. The Bertz CT molecular complexity index is 376. The number of carbonyl (C=O) groups excluding carboxylic acids is 1. The van der Waals surface area contributed by atoms with Gasteiger partial charge in [0.25, 0.3) is 0 Å². The van der Waals surface area contributed by atoms with Crippen molar-refractivity contribution in [1.29, 1.82) is 0 Å². The van der Waals surface area contributed by atoms with Gasteiger partial charge in [0.2, 0.25) is 0 Å². The Labute approximate surface area is 116 Å². The van der Waals surface area contributed by atoms with Gasteiger partial charge in [0.05, 0.1) is 13.0 Å². The first-order valence-electron chi connectivity index (χ1n) is 6.97. The van der Waals surface area contributed by atoms with E-state index in [4.69, 9.17) is 4.74 Å². The summed E-state index contributed by atoms with van der Waals surface area (Å²) in [6, 6.07) is 10.3. The zero-order chi connectivity index (χ0) is 14.3. The Morgan fingerprint density at radius 3 is 2.37 bits per heavy atom. The van der Waals surface area contributed by atoms with Gasteiger partial charge in [0.1, 0.15) is 0 Å². The number of methoxy groups -OCH3 is 1. The minimum atomic E-state index is -0.208. The van der Waals surface area contributed by atoms with Crippen molar-refractivity contribution in [2.75, 3.05) is 20.2 Å². The van der Waals surface area contributed by atoms with Crippen LogP contribution in [0, 0.1) is 0 Å². The van der Waals surface area contributed by atoms with E-state index in [1.165, 1.54) is 7.11 Å². The number of rotatable bonds is 7. The average Bonchev–Trinajstić information content (AvgIpc) is 2.43. The Morgan fingerprint density at radius 2 is 1.89 bits per heavy atom.